The lowest BCUT2D eigenvalue weighted by molar-refractivity contribution is 0.366. The lowest BCUT2D eigenvalue weighted by Crippen LogP contribution is -2.20. The Morgan fingerprint density at radius 2 is 1.73 bits per heavy atom. The van der Waals surface area contributed by atoms with Crippen molar-refractivity contribution in [3.8, 4) is 0 Å². The first-order valence-electron chi connectivity index (χ1n) is 5.42. The summed E-state index contributed by atoms with van der Waals surface area (Å²) in [6, 6.07) is 7.99. The van der Waals surface area contributed by atoms with E-state index in [1.807, 2.05) is 12.1 Å². The highest BCUT2D eigenvalue weighted by Gasteiger charge is 2.08. The number of hydrogen-bond acceptors (Lipinski definition) is 1. The molecule has 2 heteroatoms. The fourth-order valence-corrected chi connectivity index (χ4v) is 1.42. The molecule has 0 aromatic heterocycles. The molecular weight excluding hydrogens is 206 g/mol. The minimum atomic E-state index is 0.410. The number of nitrogens with one attached hydrogen (secondary N) is 1. The average Bonchev–Trinajstić information content (AvgIpc) is 2.14. The summed E-state index contributed by atoms with van der Waals surface area (Å²) in [5.41, 5.74) is 1.70. The molecule has 0 fully saturated rings. The van der Waals surface area contributed by atoms with E-state index < -0.39 is 0 Å². The Kier molecular flexibility index (Phi) is 4.62. The Hall–Kier alpha value is -0.530. The van der Waals surface area contributed by atoms with E-state index in [1.54, 1.807) is 0 Å². The van der Waals surface area contributed by atoms with Crippen LogP contribution in [0, 0.1) is 5.41 Å². The third-order valence-corrected chi connectivity index (χ3v) is 2.55. The summed E-state index contributed by atoms with van der Waals surface area (Å²) in [6.45, 7) is 8.77. The highest BCUT2D eigenvalue weighted by atomic mass is 35.5. The topological polar surface area (TPSA) is 12.0 Å². The van der Waals surface area contributed by atoms with Gasteiger partial charge in [0.1, 0.15) is 0 Å². The second-order valence-electron chi connectivity index (χ2n) is 5.11. The molecule has 0 spiro atoms. The molecule has 0 atom stereocenters. The largest absolute Gasteiger partial charge is 0.313 e. The van der Waals surface area contributed by atoms with Crippen LogP contribution in [0.2, 0.25) is 5.02 Å². The van der Waals surface area contributed by atoms with Crippen molar-refractivity contribution in [2.75, 3.05) is 6.54 Å². The molecule has 0 saturated heterocycles. The van der Waals surface area contributed by atoms with Crippen molar-refractivity contribution in [2.24, 2.45) is 5.41 Å². The smallest absolute Gasteiger partial charge is 0.0406 e. The van der Waals surface area contributed by atoms with Crippen LogP contribution in [0.3, 0.4) is 0 Å². The van der Waals surface area contributed by atoms with Gasteiger partial charge in [-0.15, -0.1) is 0 Å². The van der Waals surface area contributed by atoms with Gasteiger partial charge < -0.3 is 5.32 Å². The van der Waals surface area contributed by atoms with Gasteiger partial charge in [0.25, 0.3) is 0 Å². The molecule has 1 aromatic rings. The van der Waals surface area contributed by atoms with Crippen molar-refractivity contribution >= 4 is 11.6 Å². The van der Waals surface area contributed by atoms with E-state index in [2.05, 4.69) is 38.2 Å². The highest BCUT2D eigenvalue weighted by Crippen LogP contribution is 2.17. The van der Waals surface area contributed by atoms with Gasteiger partial charge in [0.05, 0.1) is 0 Å². The number of halogens is 1. The predicted molar refractivity (Wildman–Crippen MR) is 67.2 cm³/mol. The summed E-state index contributed by atoms with van der Waals surface area (Å²) in [5, 5.41) is 4.23. The molecule has 1 aromatic carbocycles. The van der Waals surface area contributed by atoms with Gasteiger partial charge in [0.15, 0.2) is 0 Å². The molecule has 0 aliphatic heterocycles. The van der Waals surface area contributed by atoms with Crippen LogP contribution in [0.15, 0.2) is 24.3 Å². The average molecular weight is 226 g/mol. The van der Waals surface area contributed by atoms with Gasteiger partial charge in [-0.3, -0.25) is 0 Å². The van der Waals surface area contributed by atoms with Crippen molar-refractivity contribution in [1.29, 1.82) is 0 Å². The molecule has 0 aliphatic carbocycles. The molecule has 0 aliphatic rings. The minimum Gasteiger partial charge on any atom is -0.313 e. The quantitative estimate of drug-likeness (QED) is 0.768. The van der Waals surface area contributed by atoms with E-state index in [9.17, 15) is 0 Å². The summed E-state index contributed by atoms with van der Waals surface area (Å²) in [7, 11) is 0. The van der Waals surface area contributed by atoms with Gasteiger partial charge in [-0.05, 0) is 36.1 Å². The van der Waals surface area contributed by atoms with Crippen molar-refractivity contribution in [3.63, 3.8) is 0 Å². The van der Waals surface area contributed by atoms with Crippen LogP contribution in [0.5, 0.6) is 0 Å². The molecule has 0 saturated carbocycles. The molecule has 1 N–H and O–H groups in total. The zero-order valence-electron chi connectivity index (χ0n) is 9.81. The molecule has 84 valence electrons. The van der Waals surface area contributed by atoms with Crippen LogP contribution in [-0.4, -0.2) is 6.54 Å². The molecule has 0 unspecified atom stereocenters. The lowest BCUT2D eigenvalue weighted by Gasteiger charge is -2.18. The minimum absolute atomic E-state index is 0.410. The van der Waals surface area contributed by atoms with Gasteiger partial charge in [-0.2, -0.15) is 0 Å². The van der Waals surface area contributed by atoms with Crippen LogP contribution in [0.25, 0.3) is 0 Å². The predicted octanol–water partition coefficient (Wildman–Crippen LogP) is 3.87. The van der Waals surface area contributed by atoms with E-state index in [4.69, 9.17) is 11.6 Å². The van der Waals surface area contributed by atoms with Crippen LogP contribution in [-0.2, 0) is 6.54 Å². The molecule has 0 bridgehead atoms. The molecule has 0 radical (unpaired) electrons. The van der Waals surface area contributed by atoms with E-state index >= 15 is 0 Å². The second-order valence-corrected chi connectivity index (χ2v) is 5.55. The Balaban J connectivity index is 2.23. The molecule has 1 nitrogen and oxygen atoms in total. The second kappa shape index (κ2) is 5.53. The molecule has 15 heavy (non-hydrogen) atoms. The maximum absolute atomic E-state index is 5.81. The summed E-state index contributed by atoms with van der Waals surface area (Å²) in [5.74, 6) is 0. The Morgan fingerprint density at radius 1 is 1.13 bits per heavy atom. The third-order valence-electron chi connectivity index (χ3n) is 2.29. The van der Waals surface area contributed by atoms with Gasteiger partial charge in [0.2, 0.25) is 0 Å². The van der Waals surface area contributed by atoms with E-state index in [0.29, 0.717) is 5.41 Å². The lowest BCUT2D eigenvalue weighted by atomic mass is 9.92. The number of hydrogen-bond donors (Lipinski definition) is 1. The van der Waals surface area contributed by atoms with Crippen LogP contribution in [0.1, 0.15) is 32.8 Å². The zero-order valence-corrected chi connectivity index (χ0v) is 10.6. The van der Waals surface area contributed by atoms with Crippen LogP contribution in [0.4, 0.5) is 0 Å². The number of rotatable bonds is 4. The Bertz CT molecular complexity index is 284. The van der Waals surface area contributed by atoms with Gasteiger partial charge in [-0.1, -0.05) is 44.5 Å². The van der Waals surface area contributed by atoms with Crippen molar-refractivity contribution in [1.82, 2.24) is 5.32 Å². The van der Waals surface area contributed by atoms with Crippen LogP contribution < -0.4 is 5.32 Å². The van der Waals surface area contributed by atoms with Crippen molar-refractivity contribution in [2.45, 2.75) is 33.7 Å². The van der Waals surface area contributed by atoms with Crippen LogP contribution >= 0.6 is 11.6 Å². The number of benzene rings is 1. The van der Waals surface area contributed by atoms with Gasteiger partial charge >= 0.3 is 0 Å². The van der Waals surface area contributed by atoms with Crippen molar-refractivity contribution < 1.29 is 0 Å². The van der Waals surface area contributed by atoms with Gasteiger partial charge in [-0.25, -0.2) is 0 Å². The summed E-state index contributed by atoms with van der Waals surface area (Å²) < 4.78 is 0. The Morgan fingerprint density at radius 3 is 2.27 bits per heavy atom. The summed E-state index contributed by atoms with van der Waals surface area (Å²) in [6.07, 6.45) is 1.20. The maximum atomic E-state index is 5.81. The SMILES string of the molecule is CC(C)(C)CCNCc1ccc(Cl)cc1. The highest BCUT2D eigenvalue weighted by molar-refractivity contribution is 6.30. The van der Waals surface area contributed by atoms with Crippen molar-refractivity contribution in [3.05, 3.63) is 34.9 Å². The maximum Gasteiger partial charge on any atom is 0.0406 e. The molecule has 0 amide bonds. The molecule has 1 rings (SSSR count). The standard InChI is InChI=1S/C13H20ClN/c1-13(2,3)8-9-15-10-11-4-6-12(14)7-5-11/h4-7,15H,8-10H2,1-3H3. The summed E-state index contributed by atoms with van der Waals surface area (Å²) in [4.78, 5) is 0. The monoisotopic (exact) mass is 225 g/mol. The first-order chi connectivity index (χ1) is 6.97. The van der Waals surface area contributed by atoms with Gasteiger partial charge in [0, 0.05) is 11.6 Å². The first-order valence-corrected chi connectivity index (χ1v) is 5.80. The van der Waals surface area contributed by atoms with E-state index in [1.165, 1.54) is 12.0 Å². The fourth-order valence-electron chi connectivity index (χ4n) is 1.30. The zero-order chi connectivity index (χ0) is 11.3. The fraction of sp³-hybridized carbons (Fsp3) is 0.538. The molecular formula is C13H20ClN. The van der Waals surface area contributed by atoms with E-state index in [-0.39, 0.29) is 0 Å². The normalized spacial score (nSPS) is 11.7. The molecule has 0 heterocycles. The first kappa shape index (κ1) is 12.5. The van der Waals surface area contributed by atoms with E-state index in [0.717, 1.165) is 18.1 Å². The summed E-state index contributed by atoms with van der Waals surface area (Å²) >= 11 is 5.81. The Labute approximate surface area is 97.8 Å². The third kappa shape index (κ3) is 5.81.